The summed E-state index contributed by atoms with van der Waals surface area (Å²) in [5.41, 5.74) is 0. The summed E-state index contributed by atoms with van der Waals surface area (Å²) >= 11 is 0.757. The van der Waals surface area contributed by atoms with Gasteiger partial charge in [-0.25, -0.2) is 0 Å². The molecule has 0 aliphatic heterocycles. The van der Waals surface area contributed by atoms with Crippen LogP contribution in [0.15, 0.2) is 0 Å². The first-order valence-corrected chi connectivity index (χ1v) is 15.1. The third-order valence-electron chi connectivity index (χ3n) is 3.87. The quantitative estimate of drug-likeness (QED) is 0.0279. The van der Waals surface area contributed by atoms with Gasteiger partial charge in [0.05, 0.1) is 19.8 Å². The third-order valence-corrected chi connectivity index (χ3v) is 3.87. The van der Waals surface area contributed by atoms with E-state index in [2.05, 4.69) is 34.0 Å². The van der Waals surface area contributed by atoms with Crippen molar-refractivity contribution >= 4 is 36.9 Å². The van der Waals surface area contributed by atoms with E-state index in [1.807, 2.05) is 0 Å². The number of aliphatic hydroxyl groups is 7. The van der Waals surface area contributed by atoms with E-state index in [0.29, 0.717) is 0 Å². The molecule has 0 rings (SSSR count). The van der Waals surface area contributed by atoms with Crippen molar-refractivity contribution in [1.82, 2.24) is 0 Å². The number of aliphatic hydroxyl groups excluding tert-OH is 7. The van der Waals surface area contributed by atoms with Gasteiger partial charge in [0.25, 0.3) is 0 Å². The summed E-state index contributed by atoms with van der Waals surface area (Å²) in [6.07, 6.45) is 7.04. The van der Waals surface area contributed by atoms with E-state index < -0.39 is 41.4 Å². The van der Waals surface area contributed by atoms with Gasteiger partial charge in [0.2, 0.25) is 0 Å². The fourth-order valence-electron chi connectivity index (χ4n) is 2.11. The second kappa shape index (κ2) is 45.3. The third kappa shape index (κ3) is 66.0. The summed E-state index contributed by atoms with van der Waals surface area (Å²) in [6.45, 7) is 5.11. The summed E-state index contributed by atoms with van der Waals surface area (Å²) < 4.78 is 31.6. The van der Waals surface area contributed by atoms with Crippen LogP contribution in [0.25, 0.3) is 0 Å². The maximum absolute atomic E-state index is 9.90. The number of halogens is 2. The Morgan fingerprint density at radius 3 is 1.37 bits per heavy atom. The minimum absolute atomic E-state index is 0. The van der Waals surface area contributed by atoms with Crippen molar-refractivity contribution in [3.63, 3.8) is 0 Å². The second-order valence-corrected chi connectivity index (χ2v) is 9.43. The number of carbonyl (C=O) groups is 1. The fourth-order valence-corrected chi connectivity index (χ4v) is 2.11. The van der Waals surface area contributed by atoms with Crippen LogP contribution in [0.3, 0.4) is 0 Å². The molecule has 4 atom stereocenters. The van der Waals surface area contributed by atoms with E-state index >= 15 is 0 Å². The summed E-state index contributed by atoms with van der Waals surface area (Å²) in [6, 6.07) is 0. The first-order chi connectivity index (χ1) is 16.8. The monoisotopic (exact) mass is 683 g/mol. The molecule has 0 saturated heterocycles. The molecule has 0 heterocycles. The Morgan fingerprint density at radius 1 is 0.816 bits per heavy atom. The Balaban J connectivity index is -0.0000000690. The Hall–Kier alpha value is 1.32. The molecular weight excluding hydrogens is 638 g/mol. The molecule has 0 bridgehead atoms. The van der Waals surface area contributed by atoms with Gasteiger partial charge in [-0.15, -0.1) is 0 Å². The first-order valence-electron chi connectivity index (χ1n) is 11.1. The van der Waals surface area contributed by atoms with Crippen molar-refractivity contribution < 1.29 is 106 Å². The molecule has 0 aromatic carbocycles. The van der Waals surface area contributed by atoms with Gasteiger partial charge in [0.15, 0.2) is 6.29 Å². The van der Waals surface area contributed by atoms with Crippen LogP contribution >= 0.6 is 20.2 Å². The molecule has 11 N–H and O–H groups in total. The molecule has 18 heteroatoms. The molecule has 38 heavy (non-hydrogen) atoms. The van der Waals surface area contributed by atoms with Crippen LogP contribution in [0.1, 0.15) is 71.1 Å². The van der Waals surface area contributed by atoms with E-state index in [4.69, 9.17) is 53.3 Å². The zero-order valence-electron chi connectivity index (χ0n) is 22.0. The molecule has 0 spiro atoms. The molecular formula is C20H47Cl2CuNaO13S. The normalized spacial score (nSPS) is 12.9. The summed E-state index contributed by atoms with van der Waals surface area (Å²) in [4.78, 5) is 9.90. The molecule has 0 aliphatic rings. The van der Waals surface area contributed by atoms with Crippen LogP contribution < -0.4 is 29.6 Å². The van der Waals surface area contributed by atoms with Gasteiger partial charge in [-0.2, -0.15) is 14.8 Å². The van der Waals surface area contributed by atoms with Crippen molar-refractivity contribution in [2.45, 2.75) is 95.5 Å². The molecule has 0 fully saturated rings. The summed E-state index contributed by atoms with van der Waals surface area (Å²) in [5, 5.41) is 58.8. The fraction of sp³-hybridized carbons (Fsp3) is 0.900. The van der Waals surface area contributed by atoms with E-state index in [-0.39, 0.29) is 54.5 Å². The van der Waals surface area contributed by atoms with Crippen LogP contribution in [-0.4, -0.2) is 109 Å². The largest absolute Gasteiger partial charge is 1.00 e. The van der Waals surface area contributed by atoms with Crippen molar-refractivity contribution in [3.8, 4) is 0 Å². The van der Waals surface area contributed by atoms with Gasteiger partial charge in [-0.1, -0.05) is 64.7 Å². The van der Waals surface area contributed by atoms with E-state index in [1.165, 1.54) is 57.8 Å². The maximum atomic E-state index is 9.90. The molecule has 237 valence electrons. The topological polar surface area (TPSA) is 265 Å². The van der Waals surface area contributed by atoms with E-state index in [1.54, 1.807) is 0 Å². The number of hydrogen-bond acceptors (Lipinski definition) is 10. The Labute approximate surface area is 263 Å². The number of rotatable bonds is 15. The summed E-state index contributed by atoms with van der Waals surface area (Å²) in [5.74, 6) is 0. The van der Waals surface area contributed by atoms with Gasteiger partial charge in [-0.05, 0) is 0 Å². The van der Waals surface area contributed by atoms with Gasteiger partial charge < -0.3 is 52.9 Å². The molecule has 13 nitrogen and oxygen atoms in total. The van der Waals surface area contributed by atoms with Crippen LogP contribution in [0.5, 0.6) is 0 Å². The van der Waals surface area contributed by atoms with Crippen LogP contribution in [0, 0.1) is 6.92 Å². The molecule has 0 radical (unpaired) electrons. The van der Waals surface area contributed by atoms with Gasteiger partial charge in [0, 0.05) is 0 Å². The predicted molar refractivity (Wildman–Crippen MR) is 138 cm³/mol. The van der Waals surface area contributed by atoms with Crippen molar-refractivity contribution in [3.05, 3.63) is 6.92 Å². The van der Waals surface area contributed by atoms with Gasteiger partial charge in [-0.3, -0.25) is 9.11 Å². The zero-order chi connectivity index (χ0) is 29.4. The van der Waals surface area contributed by atoms with E-state index in [0.717, 1.165) is 19.6 Å². The smallest absolute Gasteiger partial charge is 1.00 e. The minimum Gasteiger partial charge on any atom is 1.00 e. The molecule has 0 amide bonds. The standard InChI is InChI=1S/C12H25.C6H12O6.C2H6O2.2ClH.Cu.Na.H2O4S.H2O/c1-3-5-7-9-11-12-10-8-6-4-2;7-1-3(9)5(11)6(12)4(10)2-8;3-1-2-4;;;;;1-5(2,3)4;/h1,3-12H2,2H3;1,3-6,8-12H,2H2;3-4H,1-2H2;2*1H;;;(H2,1,2,3,4);1H2/q-1;;;;;+2;+1;;/p-2/t;3-,4+,5+,6+;;;;;;;/m.0......./s1. The number of hydrogen-bond donors (Lipinski definition) is 9. The Bertz CT molecular complexity index is 495. The van der Waals surface area contributed by atoms with E-state index in [9.17, 15) is 4.79 Å². The number of unbranched alkanes of at least 4 members (excludes halogenated alkanes) is 9. The second-order valence-electron chi connectivity index (χ2n) is 6.98. The molecule has 0 aliphatic carbocycles. The van der Waals surface area contributed by atoms with Crippen LogP contribution in [0.4, 0.5) is 0 Å². The number of carbonyl (C=O) groups excluding carboxylic acids is 1. The van der Waals surface area contributed by atoms with Gasteiger partial charge >= 0.3 is 73.3 Å². The Morgan fingerprint density at radius 2 is 1.13 bits per heavy atom. The predicted octanol–water partition coefficient (Wildman–Crippen LogP) is -2.76. The molecule has 0 aromatic rings. The molecule has 0 aromatic heterocycles. The van der Waals surface area contributed by atoms with Crippen LogP contribution in [0.2, 0.25) is 0 Å². The molecule has 0 unspecified atom stereocenters. The minimum atomic E-state index is -4.67. The number of aldehydes is 1. The Kier molecular flexibility index (Phi) is 65.9. The van der Waals surface area contributed by atoms with Crippen LogP contribution in [-0.2, 0) is 28.3 Å². The average Bonchev–Trinajstić information content (AvgIpc) is 2.83. The average molecular weight is 685 g/mol. The van der Waals surface area contributed by atoms with Gasteiger partial charge in [0.1, 0.15) is 24.4 Å². The zero-order valence-corrected chi connectivity index (χ0v) is 27.3. The SMILES string of the molecule is O.O=C[C@H](O)[C@@H](O)[C@H](O)[C@H](O)CO.O=S(=O)(O)O.OCCO.[CH2-]CCCCCCCCCCC.[Cl][Cu][Cl].[Na+]. The maximum Gasteiger partial charge on any atom is 1.00 e. The molecule has 0 saturated carbocycles. The first kappa shape index (κ1) is 55.3. The van der Waals surface area contributed by atoms with Crippen molar-refractivity contribution in [2.75, 3.05) is 19.8 Å². The van der Waals surface area contributed by atoms with Crippen molar-refractivity contribution in [1.29, 1.82) is 0 Å². The summed E-state index contributed by atoms with van der Waals surface area (Å²) in [7, 11) is 4.67. The van der Waals surface area contributed by atoms with Crippen molar-refractivity contribution in [2.24, 2.45) is 0 Å².